The molecule has 0 spiro atoms. The maximum absolute atomic E-state index is 14.1. The van der Waals surface area contributed by atoms with Crippen molar-refractivity contribution in [2.45, 2.75) is 11.8 Å². The van der Waals surface area contributed by atoms with Gasteiger partial charge < -0.3 is 9.64 Å². The second-order valence-electron chi connectivity index (χ2n) is 4.13. The molecule has 21 heavy (non-hydrogen) atoms. The summed E-state index contributed by atoms with van der Waals surface area (Å²) in [6, 6.07) is 1.91. The molecule has 0 aliphatic carbocycles. The number of benzene rings is 1. The molecule has 9 heteroatoms. The third-order valence-electron chi connectivity index (χ3n) is 2.62. The SMILES string of the molecule is CCOCCN(C)C(=O)c1cc(Cl)cc(S(=O)(=O)Cl)c1F. The molecule has 0 aliphatic rings. The Labute approximate surface area is 132 Å². The van der Waals surface area contributed by atoms with Crippen LogP contribution >= 0.6 is 22.3 Å². The molecule has 0 fully saturated rings. The first-order valence-electron chi connectivity index (χ1n) is 5.95. The van der Waals surface area contributed by atoms with Crippen LogP contribution in [-0.4, -0.2) is 46.0 Å². The van der Waals surface area contributed by atoms with Crippen molar-refractivity contribution in [1.82, 2.24) is 4.90 Å². The van der Waals surface area contributed by atoms with Gasteiger partial charge in [-0.05, 0) is 19.1 Å². The summed E-state index contributed by atoms with van der Waals surface area (Å²) in [6.07, 6.45) is 0. The Hall–Kier alpha value is -0.890. The van der Waals surface area contributed by atoms with Crippen molar-refractivity contribution in [2.75, 3.05) is 26.8 Å². The quantitative estimate of drug-likeness (QED) is 0.579. The average Bonchev–Trinajstić information content (AvgIpc) is 2.39. The Morgan fingerprint density at radius 3 is 2.57 bits per heavy atom. The molecule has 0 aromatic heterocycles. The summed E-state index contributed by atoms with van der Waals surface area (Å²) in [5, 5.41) is -0.0998. The van der Waals surface area contributed by atoms with E-state index in [1.54, 1.807) is 6.92 Å². The molecule has 1 aromatic carbocycles. The van der Waals surface area contributed by atoms with Crippen LogP contribution in [0.1, 0.15) is 17.3 Å². The highest BCUT2D eigenvalue weighted by molar-refractivity contribution is 8.13. The zero-order valence-corrected chi connectivity index (χ0v) is 13.7. The van der Waals surface area contributed by atoms with Crippen LogP contribution in [0.5, 0.6) is 0 Å². The average molecular weight is 358 g/mol. The van der Waals surface area contributed by atoms with Crippen molar-refractivity contribution in [3.05, 3.63) is 28.5 Å². The fraction of sp³-hybridized carbons (Fsp3) is 0.417. The van der Waals surface area contributed by atoms with Crippen molar-refractivity contribution in [3.63, 3.8) is 0 Å². The summed E-state index contributed by atoms with van der Waals surface area (Å²) in [6.45, 7) is 2.79. The molecule has 5 nitrogen and oxygen atoms in total. The van der Waals surface area contributed by atoms with E-state index in [0.717, 1.165) is 12.1 Å². The van der Waals surface area contributed by atoms with Gasteiger partial charge in [0, 0.05) is 35.9 Å². The number of ether oxygens (including phenoxy) is 1. The highest BCUT2D eigenvalue weighted by atomic mass is 35.7. The minimum absolute atomic E-state index is 0.0998. The van der Waals surface area contributed by atoms with Gasteiger partial charge in [0.1, 0.15) is 4.90 Å². The van der Waals surface area contributed by atoms with E-state index in [9.17, 15) is 17.6 Å². The van der Waals surface area contributed by atoms with Crippen LogP contribution in [-0.2, 0) is 13.8 Å². The monoisotopic (exact) mass is 357 g/mol. The van der Waals surface area contributed by atoms with Gasteiger partial charge >= 0.3 is 0 Å². The summed E-state index contributed by atoms with van der Waals surface area (Å²) in [5.41, 5.74) is -0.458. The second kappa shape index (κ2) is 7.40. The fourth-order valence-electron chi connectivity index (χ4n) is 1.55. The second-order valence-corrected chi connectivity index (χ2v) is 7.10. The van der Waals surface area contributed by atoms with Crippen LogP contribution in [0, 0.1) is 5.82 Å². The Balaban J connectivity index is 3.13. The standard InChI is InChI=1S/C12H14Cl2FNO4S/c1-3-20-5-4-16(2)12(17)9-6-8(13)7-10(11(9)15)21(14,18)19/h6-7H,3-5H2,1-2H3. The van der Waals surface area contributed by atoms with Crippen LogP contribution in [0.3, 0.4) is 0 Å². The summed E-state index contributed by atoms with van der Waals surface area (Å²) < 4.78 is 41.8. The van der Waals surface area contributed by atoms with Gasteiger partial charge in [-0.2, -0.15) is 0 Å². The first-order chi connectivity index (χ1) is 9.68. The topological polar surface area (TPSA) is 63.7 Å². The van der Waals surface area contributed by atoms with Crippen LogP contribution in [0.2, 0.25) is 5.02 Å². The summed E-state index contributed by atoms with van der Waals surface area (Å²) >= 11 is 5.72. The van der Waals surface area contributed by atoms with E-state index in [1.807, 2.05) is 0 Å². The molecule has 118 valence electrons. The van der Waals surface area contributed by atoms with Gasteiger partial charge in [-0.1, -0.05) is 11.6 Å². The molecule has 0 aliphatic heterocycles. The first kappa shape index (κ1) is 18.2. The number of nitrogens with zero attached hydrogens (tertiary/aromatic N) is 1. The van der Waals surface area contributed by atoms with Crippen molar-refractivity contribution >= 4 is 37.2 Å². The Morgan fingerprint density at radius 2 is 2.05 bits per heavy atom. The molecular formula is C12H14Cl2FNO4S. The third kappa shape index (κ3) is 4.81. The van der Waals surface area contributed by atoms with Gasteiger partial charge in [-0.15, -0.1) is 0 Å². The van der Waals surface area contributed by atoms with Crippen molar-refractivity contribution in [2.24, 2.45) is 0 Å². The maximum atomic E-state index is 14.1. The van der Waals surface area contributed by atoms with E-state index in [4.69, 9.17) is 27.0 Å². The van der Waals surface area contributed by atoms with Crippen LogP contribution in [0.25, 0.3) is 0 Å². The van der Waals surface area contributed by atoms with Gasteiger partial charge in [0.25, 0.3) is 15.0 Å². The highest BCUT2D eigenvalue weighted by Crippen LogP contribution is 2.26. The molecule has 0 heterocycles. The molecule has 1 aromatic rings. The molecular weight excluding hydrogens is 344 g/mol. The Bertz CT molecular complexity index is 636. The van der Waals surface area contributed by atoms with Crippen molar-refractivity contribution in [1.29, 1.82) is 0 Å². The number of hydrogen-bond donors (Lipinski definition) is 0. The maximum Gasteiger partial charge on any atom is 0.264 e. The predicted molar refractivity (Wildman–Crippen MR) is 77.9 cm³/mol. The van der Waals surface area contributed by atoms with Gasteiger partial charge in [-0.3, -0.25) is 4.79 Å². The molecule has 0 radical (unpaired) electrons. The van der Waals surface area contributed by atoms with E-state index >= 15 is 0 Å². The zero-order valence-electron chi connectivity index (χ0n) is 11.4. The first-order valence-corrected chi connectivity index (χ1v) is 8.64. The molecule has 1 amide bonds. The summed E-state index contributed by atoms with van der Waals surface area (Å²) in [7, 11) is 2.22. The molecule has 0 bridgehead atoms. The van der Waals surface area contributed by atoms with Crippen molar-refractivity contribution in [3.8, 4) is 0 Å². The Kier molecular flexibility index (Phi) is 6.40. The van der Waals surface area contributed by atoms with Crippen LogP contribution in [0.15, 0.2) is 17.0 Å². The number of amides is 1. The lowest BCUT2D eigenvalue weighted by molar-refractivity contribution is 0.0705. The lowest BCUT2D eigenvalue weighted by Crippen LogP contribution is -2.31. The fourth-order valence-corrected chi connectivity index (χ4v) is 2.76. The van der Waals surface area contributed by atoms with Crippen LogP contribution in [0.4, 0.5) is 4.39 Å². The number of rotatable bonds is 6. The third-order valence-corrected chi connectivity index (χ3v) is 4.16. The number of halogens is 3. The van der Waals surface area contributed by atoms with E-state index in [0.29, 0.717) is 6.61 Å². The highest BCUT2D eigenvalue weighted by Gasteiger charge is 2.25. The predicted octanol–water partition coefficient (Wildman–Crippen LogP) is 2.52. The van der Waals surface area contributed by atoms with Gasteiger partial charge in [-0.25, -0.2) is 12.8 Å². The molecule has 0 saturated carbocycles. The lowest BCUT2D eigenvalue weighted by Gasteiger charge is -2.18. The summed E-state index contributed by atoms with van der Waals surface area (Å²) in [5.74, 6) is -1.93. The lowest BCUT2D eigenvalue weighted by atomic mass is 10.2. The largest absolute Gasteiger partial charge is 0.380 e. The molecule has 0 saturated heterocycles. The van der Waals surface area contributed by atoms with E-state index < -0.39 is 31.2 Å². The number of hydrogen-bond acceptors (Lipinski definition) is 4. The molecule has 0 atom stereocenters. The van der Waals surface area contributed by atoms with Crippen LogP contribution < -0.4 is 0 Å². The zero-order chi connectivity index (χ0) is 16.2. The molecule has 1 rings (SSSR count). The van der Waals surface area contributed by atoms with Gasteiger partial charge in [0.05, 0.1) is 12.2 Å². The molecule has 0 unspecified atom stereocenters. The summed E-state index contributed by atoms with van der Waals surface area (Å²) in [4.78, 5) is 12.5. The Morgan fingerprint density at radius 1 is 1.43 bits per heavy atom. The minimum Gasteiger partial charge on any atom is -0.380 e. The van der Waals surface area contributed by atoms with Crippen molar-refractivity contribution < 1.29 is 22.3 Å². The van der Waals surface area contributed by atoms with E-state index in [-0.39, 0.29) is 18.2 Å². The normalized spacial score (nSPS) is 11.5. The van der Waals surface area contributed by atoms with E-state index in [1.165, 1.54) is 11.9 Å². The molecule has 0 N–H and O–H groups in total. The number of carbonyl (C=O) groups is 1. The number of carbonyl (C=O) groups excluding carboxylic acids is 1. The van der Waals surface area contributed by atoms with E-state index in [2.05, 4.69) is 0 Å². The smallest absolute Gasteiger partial charge is 0.264 e. The number of likely N-dealkylation sites (N-methyl/N-ethyl adjacent to an activating group) is 1. The minimum atomic E-state index is -4.34. The van der Waals surface area contributed by atoms with Gasteiger partial charge in [0.15, 0.2) is 5.82 Å². The van der Waals surface area contributed by atoms with Gasteiger partial charge in [0.2, 0.25) is 0 Å².